The van der Waals surface area contributed by atoms with Crippen LogP contribution in [0, 0.1) is 0 Å². The van der Waals surface area contributed by atoms with Gasteiger partial charge in [-0.25, -0.2) is 4.79 Å². The van der Waals surface area contributed by atoms with E-state index in [2.05, 4.69) is 24.1 Å². The van der Waals surface area contributed by atoms with Gasteiger partial charge in [-0.2, -0.15) is 0 Å². The molecule has 4 heteroatoms. The van der Waals surface area contributed by atoms with Crippen LogP contribution >= 0.6 is 0 Å². The van der Waals surface area contributed by atoms with Gasteiger partial charge in [0, 0.05) is 19.3 Å². The van der Waals surface area contributed by atoms with Gasteiger partial charge in [-0.1, -0.05) is 20.3 Å². The molecule has 94 valence electrons. The number of carbonyl (C=O) groups excluding carboxylic acids is 1. The Morgan fingerprint density at radius 1 is 1.35 bits per heavy atom. The lowest BCUT2D eigenvalue weighted by Gasteiger charge is -2.22. The maximum atomic E-state index is 12.0. The van der Waals surface area contributed by atoms with E-state index in [1.807, 2.05) is 17.0 Å². The van der Waals surface area contributed by atoms with E-state index in [-0.39, 0.29) is 6.03 Å². The molecule has 17 heavy (non-hydrogen) atoms. The summed E-state index contributed by atoms with van der Waals surface area (Å²) in [5, 5.41) is 2.86. The average molecular weight is 235 g/mol. The minimum Gasteiger partial charge on any atom is -0.325 e. The van der Waals surface area contributed by atoms with Crippen LogP contribution in [0.3, 0.4) is 0 Å². The number of amides is 2. The monoisotopic (exact) mass is 235 g/mol. The standard InChI is InChI=1S/C13H21N3O/c1-3-5-10-16(9-4-2)13(17)15-12-7-6-8-14-11-12/h6-8,11H,3-5,9-10H2,1-2H3,(H,15,17). The molecule has 0 aromatic carbocycles. The molecule has 1 rings (SSSR count). The molecule has 0 unspecified atom stereocenters. The largest absolute Gasteiger partial charge is 0.325 e. The highest BCUT2D eigenvalue weighted by atomic mass is 16.2. The third-order valence-corrected chi connectivity index (χ3v) is 2.48. The summed E-state index contributed by atoms with van der Waals surface area (Å²) in [4.78, 5) is 17.8. The van der Waals surface area contributed by atoms with Crippen molar-refractivity contribution in [3.05, 3.63) is 24.5 Å². The normalized spacial score (nSPS) is 10.0. The molecule has 1 aromatic rings. The zero-order valence-corrected chi connectivity index (χ0v) is 10.6. The zero-order chi connectivity index (χ0) is 12.5. The first kappa shape index (κ1) is 13.5. The summed E-state index contributed by atoms with van der Waals surface area (Å²) in [6.45, 7) is 5.82. The minimum atomic E-state index is -0.0340. The first-order chi connectivity index (χ1) is 8.27. The van der Waals surface area contributed by atoms with Gasteiger partial charge in [0.25, 0.3) is 0 Å². The van der Waals surface area contributed by atoms with E-state index in [1.165, 1.54) is 0 Å². The van der Waals surface area contributed by atoms with Crippen molar-refractivity contribution in [1.82, 2.24) is 9.88 Å². The topological polar surface area (TPSA) is 45.2 Å². The Kier molecular flexibility index (Phi) is 6.07. The molecular weight excluding hydrogens is 214 g/mol. The molecule has 1 heterocycles. The second-order valence-electron chi connectivity index (χ2n) is 4.01. The number of urea groups is 1. The van der Waals surface area contributed by atoms with Crippen molar-refractivity contribution in [1.29, 1.82) is 0 Å². The predicted octanol–water partition coefficient (Wildman–Crippen LogP) is 3.13. The molecular formula is C13H21N3O. The van der Waals surface area contributed by atoms with Gasteiger partial charge in [0.05, 0.1) is 11.9 Å². The molecule has 0 radical (unpaired) electrons. The van der Waals surface area contributed by atoms with E-state index in [0.29, 0.717) is 0 Å². The number of nitrogens with zero attached hydrogens (tertiary/aromatic N) is 2. The third kappa shape index (κ3) is 4.85. The van der Waals surface area contributed by atoms with Crippen molar-refractivity contribution in [2.75, 3.05) is 18.4 Å². The SMILES string of the molecule is CCCCN(CCC)C(=O)Nc1cccnc1. The highest BCUT2D eigenvalue weighted by Gasteiger charge is 2.11. The smallest absolute Gasteiger partial charge is 0.321 e. The number of carbonyl (C=O) groups is 1. The molecule has 0 fully saturated rings. The lowest BCUT2D eigenvalue weighted by molar-refractivity contribution is 0.211. The quantitative estimate of drug-likeness (QED) is 0.823. The Balaban J connectivity index is 2.52. The minimum absolute atomic E-state index is 0.0340. The first-order valence-electron chi connectivity index (χ1n) is 6.23. The van der Waals surface area contributed by atoms with Crippen LogP contribution in [0.5, 0.6) is 0 Å². The lowest BCUT2D eigenvalue weighted by atomic mass is 10.3. The number of aromatic nitrogens is 1. The van der Waals surface area contributed by atoms with Gasteiger partial charge in [0.15, 0.2) is 0 Å². The summed E-state index contributed by atoms with van der Waals surface area (Å²) in [5.41, 5.74) is 0.745. The highest BCUT2D eigenvalue weighted by molar-refractivity contribution is 5.89. The van der Waals surface area contributed by atoms with Crippen LogP contribution in [0.25, 0.3) is 0 Å². The molecule has 0 aliphatic carbocycles. The van der Waals surface area contributed by atoms with Gasteiger partial charge in [-0.05, 0) is 25.0 Å². The Hall–Kier alpha value is -1.58. The lowest BCUT2D eigenvalue weighted by Crippen LogP contribution is -2.36. The fraction of sp³-hybridized carbons (Fsp3) is 0.538. The maximum Gasteiger partial charge on any atom is 0.321 e. The van der Waals surface area contributed by atoms with E-state index in [4.69, 9.17) is 0 Å². The second kappa shape index (κ2) is 7.65. The number of pyridine rings is 1. The van der Waals surface area contributed by atoms with Gasteiger partial charge in [-0.3, -0.25) is 4.98 Å². The van der Waals surface area contributed by atoms with E-state index < -0.39 is 0 Å². The summed E-state index contributed by atoms with van der Waals surface area (Å²) < 4.78 is 0. The molecule has 1 N–H and O–H groups in total. The van der Waals surface area contributed by atoms with Crippen LogP contribution in [0.2, 0.25) is 0 Å². The number of hydrogen-bond acceptors (Lipinski definition) is 2. The summed E-state index contributed by atoms with van der Waals surface area (Å²) in [7, 11) is 0. The summed E-state index contributed by atoms with van der Waals surface area (Å²) >= 11 is 0. The van der Waals surface area contributed by atoms with Crippen LogP contribution in [-0.2, 0) is 0 Å². The van der Waals surface area contributed by atoms with Gasteiger partial charge < -0.3 is 10.2 Å². The van der Waals surface area contributed by atoms with Crippen molar-refractivity contribution >= 4 is 11.7 Å². The summed E-state index contributed by atoms with van der Waals surface area (Å²) in [6.07, 6.45) is 6.46. The number of hydrogen-bond donors (Lipinski definition) is 1. The van der Waals surface area contributed by atoms with Gasteiger partial charge in [0.2, 0.25) is 0 Å². The fourth-order valence-electron chi connectivity index (χ4n) is 1.57. The summed E-state index contributed by atoms with van der Waals surface area (Å²) in [5.74, 6) is 0. The number of rotatable bonds is 6. The third-order valence-electron chi connectivity index (χ3n) is 2.48. The maximum absolute atomic E-state index is 12.0. The van der Waals surface area contributed by atoms with Crippen molar-refractivity contribution < 1.29 is 4.79 Å². The number of nitrogens with one attached hydrogen (secondary N) is 1. The van der Waals surface area contributed by atoms with E-state index in [9.17, 15) is 4.79 Å². The molecule has 0 atom stereocenters. The molecule has 0 saturated heterocycles. The van der Waals surface area contributed by atoms with E-state index in [1.54, 1.807) is 12.4 Å². The molecule has 0 aliphatic heterocycles. The molecule has 0 aliphatic rings. The van der Waals surface area contributed by atoms with Gasteiger partial charge in [0.1, 0.15) is 0 Å². The molecule has 0 spiro atoms. The summed E-state index contributed by atoms with van der Waals surface area (Å²) in [6, 6.07) is 3.62. The zero-order valence-electron chi connectivity index (χ0n) is 10.6. The number of unbranched alkanes of at least 4 members (excludes halogenated alkanes) is 1. The van der Waals surface area contributed by atoms with Crippen LogP contribution < -0.4 is 5.32 Å². The van der Waals surface area contributed by atoms with E-state index in [0.717, 1.165) is 38.0 Å². The predicted molar refractivity (Wildman–Crippen MR) is 70.0 cm³/mol. The van der Waals surface area contributed by atoms with Crippen LogP contribution in [0.15, 0.2) is 24.5 Å². The fourth-order valence-corrected chi connectivity index (χ4v) is 1.57. The Morgan fingerprint density at radius 3 is 2.76 bits per heavy atom. The molecule has 0 bridgehead atoms. The molecule has 1 aromatic heterocycles. The molecule has 0 saturated carbocycles. The van der Waals surface area contributed by atoms with Crippen molar-refractivity contribution in [3.8, 4) is 0 Å². The van der Waals surface area contributed by atoms with Gasteiger partial charge >= 0.3 is 6.03 Å². The Morgan fingerprint density at radius 2 is 2.18 bits per heavy atom. The Labute approximate surface area is 103 Å². The highest BCUT2D eigenvalue weighted by Crippen LogP contribution is 2.06. The van der Waals surface area contributed by atoms with Crippen molar-refractivity contribution in [3.63, 3.8) is 0 Å². The number of anilines is 1. The average Bonchev–Trinajstić information content (AvgIpc) is 2.35. The van der Waals surface area contributed by atoms with Crippen molar-refractivity contribution in [2.24, 2.45) is 0 Å². The second-order valence-corrected chi connectivity index (χ2v) is 4.01. The van der Waals surface area contributed by atoms with Crippen LogP contribution in [0.4, 0.5) is 10.5 Å². The molecule has 2 amide bonds. The first-order valence-corrected chi connectivity index (χ1v) is 6.23. The van der Waals surface area contributed by atoms with Gasteiger partial charge in [-0.15, -0.1) is 0 Å². The van der Waals surface area contributed by atoms with E-state index >= 15 is 0 Å². The van der Waals surface area contributed by atoms with Crippen molar-refractivity contribution in [2.45, 2.75) is 33.1 Å². The molecule has 4 nitrogen and oxygen atoms in total. The van der Waals surface area contributed by atoms with Crippen LogP contribution in [0.1, 0.15) is 33.1 Å². The Bertz CT molecular complexity index is 327. The van der Waals surface area contributed by atoms with Crippen LogP contribution in [-0.4, -0.2) is 29.0 Å².